The molecule has 1 fully saturated rings. The van der Waals surface area contributed by atoms with Crippen molar-refractivity contribution in [2.24, 2.45) is 0 Å². The molecule has 142 valence electrons. The van der Waals surface area contributed by atoms with Gasteiger partial charge in [-0.05, 0) is 24.3 Å². The summed E-state index contributed by atoms with van der Waals surface area (Å²) >= 11 is 0. The average molecular weight is 369 g/mol. The van der Waals surface area contributed by atoms with Gasteiger partial charge in [0, 0.05) is 49.9 Å². The fourth-order valence-electron chi connectivity index (χ4n) is 3.04. The molecule has 2 aromatic rings. The van der Waals surface area contributed by atoms with E-state index in [4.69, 9.17) is 5.11 Å². The highest BCUT2D eigenvalue weighted by molar-refractivity contribution is 5.76. The van der Waals surface area contributed by atoms with Gasteiger partial charge in [-0.1, -0.05) is 18.2 Å². The molecule has 0 saturated carbocycles. The first-order valence-corrected chi connectivity index (χ1v) is 8.83. The van der Waals surface area contributed by atoms with E-state index in [1.807, 2.05) is 42.5 Å². The highest BCUT2D eigenvalue weighted by Gasteiger charge is 2.22. The van der Waals surface area contributed by atoms with Gasteiger partial charge in [0.05, 0.1) is 6.67 Å². The smallest absolute Gasteiger partial charge is 0.323 e. The number of carboxylic acids is 1. The molecule has 0 bridgehead atoms. The summed E-state index contributed by atoms with van der Waals surface area (Å²) in [7, 11) is 0. The van der Waals surface area contributed by atoms with Crippen LogP contribution in [0.15, 0.2) is 54.9 Å². The Kier molecular flexibility index (Phi) is 6.09. The maximum absolute atomic E-state index is 12.5. The van der Waals surface area contributed by atoms with Crippen LogP contribution in [0.25, 0.3) is 0 Å². The number of nitrogens with one attached hydrogen (secondary N) is 1. The summed E-state index contributed by atoms with van der Waals surface area (Å²) in [6, 6.07) is 12.9. The number of anilines is 2. The van der Waals surface area contributed by atoms with Gasteiger partial charge in [-0.2, -0.15) is 0 Å². The monoisotopic (exact) mass is 369 g/mol. The predicted molar refractivity (Wildman–Crippen MR) is 103 cm³/mol. The number of piperazine rings is 1. The topological polar surface area (TPSA) is 89.0 Å². The average Bonchev–Trinajstić information content (AvgIpc) is 2.72. The van der Waals surface area contributed by atoms with Crippen LogP contribution in [0, 0.1) is 0 Å². The summed E-state index contributed by atoms with van der Waals surface area (Å²) in [5.74, 6) is -0.945. The van der Waals surface area contributed by atoms with Gasteiger partial charge in [0.15, 0.2) is 0 Å². The van der Waals surface area contributed by atoms with Gasteiger partial charge in [0.2, 0.25) is 0 Å². The van der Waals surface area contributed by atoms with Gasteiger partial charge in [-0.15, -0.1) is 0 Å². The number of amides is 2. The van der Waals surface area contributed by atoms with Gasteiger partial charge in [0.25, 0.3) is 0 Å². The Morgan fingerprint density at radius 2 is 1.70 bits per heavy atom. The van der Waals surface area contributed by atoms with E-state index in [1.165, 1.54) is 0 Å². The second-order valence-electron chi connectivity index (χ2n) is 6.25. The molecular formula is C19H23N5O3. The van der Waals surface area contributed by atoms with Crippen LogP contribution in [0.3, 0.4) is 0 Å². The van der Waals surface area contributed by atoms with E-state index in [0.717, 1.165) is 24.5 Å². The Morgan fingerprint density at radius 1 is 1.04 bits per heavy atom. The SMILES string of the molecule is O=C(O)CN(CNC(=O)N1CCN(c2ccncc2)CC1)c1ccccc1. The van der Waals surface area contributed by atoms with Crippen molar-refractivity contribution in [3.8, 4) is 0 Å². The van der Waals surface area contributed by atoms with Crippen LogP contribution in [0.2, 0.25) is 0 Å². The number of carboxylic acid groups (broad SMARTS) is 1. The van der Waals surface area contributed by atoms with Crippen LogP contribution in [-0.4, -0.2) is 66.4 Å². The fraction of sp³-hybridized carbons (Fsp3) is 0.316. The molecule has 1 aliphatic heterocycles. The zero-order chi connectivity index (χ0) is 19.1. The number of aliphatic carboxylic acids is 1. The molecule has 2 N–H and O–H groups in total. The second-order valence-corrected chi connectivity index (χ2v) is 6.25. The minimum absolute atomic E-state index is 0.139. The molecule has 0 radical (unpaired) electrons. The fourth-order valence-corrected chi connectivity index (χ4v) is 3.04. The number of para-hydroxylation sites is 1. The molecule has 2 heterocycles. The zero-order valence-electron chi connectivity index (χ0n) is 15.0. The number of benzene rings is 1. The summed E-state index contributed by atoms with van der Waals surface area (Å²) in [5.41, 5.74) is 1.85. The highest BCUT2D eigenvalue weighted by Crippen LogP contribution is 2.15. The quantitative estimate of drug-likeness (QED) is 0.750. The van der Waals surface area contributed by atoms with Crippen molar-refractivity contribution in [2.75, 3.05) is 49.2 Å². The first kappa shape index (κ1) is 18.5. The van der Waals surface area contributed by atoms with Crippen LogP contribution < -0.4 is 15.1 Å². The number of urea groups is 1. The van der Waals surface area contributed by atoms with E-state index >= 15 is 0 Å². The molecule has 1 saturated heterocycles. The molecule has 1 aromatic heterocycles. The van der Waals surface area contributed by atoms with Crippen molar-refractivity contribution >= 4 is 23.4 Å². The Morgan fingerprint density at radius 3 is 2.33 bits per heavy atom. The van der Waals surface area contributed by atoms with Crippen molar-refractivity contribution < 1.29 is 14.7 Å². The Balaban J connectivity index is 1.52. The van der Waals surface area contributed by atoms with E-state index in [-0.39, 0.29) is 19.2 Å². The standard InChI is InChI=1S/C19H23N5O3/c25-18(26)14-24(16-4-2-1-3-5-16)15-21-19(27)23-12-10-22(11-13-23)17-6-8-20-9-7-17/h1-9H,10-15H2,(H,21,27)(H,25,26). The van der Waals surface area contributed by atoms with E-state index in [1.54, 1.807) is 22.2 Å². The normalized spacial score (nSPS) is 13.9. The number of carbonyl (C=O) groups excluding carboxylic acids is 1. The van der Waals surface area contributed by atoms with Crippen LogP contribution >= 0.6 is 0 Å². The molecule has 0 aliphatic carbocycles. The number of nitrogens with zero attached hydrogens (tertiary/aromatic N) is 4. The third kappa shape index (κ3) is 5.10. The minimum atomic E-state index is -0.945. The van der Waals surface area contributed by atoms with E-state index in [0.29, 0.717) is 13.1 Å². The lowest BCUT2D eigenvalue weighted by atomic mass is 10.3. The van der Waals surface area contributed by atoms with E-state index < -0.39 is 5.97 Å². The van der Waals surface area contributed by atoms with Crippen molar-refractivity contribution in [2.45, 2.75) is 0 Å². The summed E-state index contributed by atoms with van der Waals surface area (Å²) in [6.07, 6.45) is 3.52. The number of hydrogen-bond acceptors (Lipinski definition) is 5. The third-order valence-corrected chi connectivity index (χ3v) is 4.46. The van der Waals surface area contributed by atoms with Gasteiger partial charge in [-0.3, -0.25) is 9.78 Å². The molecular weight excluding hydrogens is 346 g/mol. The maximum atomic E-state index is 12.5. The summed E-state index contributed by atoms with van der Waals surface area (Å²) in [4.78, 5) is 33.2. The molecule has 8 nitrogen and oxygen atoms in total. The molecule has 1 aromatic carbocycles. The van der Waals surface area contributed by atoms with Crippen molar-refractivity contribution in [1.29, 1.82) is 0 Å². The van der Waals surface area contributed by atoms with Crippen molar-refractivity contribution in [1.82, 2.24) is 15.2 Å². The van der Waals surface area contributed by atoms with Crippen LogP contribution in [0.1, 0.15) is 0 Å². The summed E-state index contributed by atoms with van der Waals surface area (Å²) < 4.78 is 0. The Bertz CT molecular complexity index is 748. The Labute approximate surface area is 158 Å². The lowest BCUT2D eigenvalue weighted by Gasteiger charge is -2.36. The van der Waals surface area contributed by atoms with Crippen LogP contribution in [0.4, 0.5) is 16.2 Å². The van der Waals surface area contributed by atoms with Crippen LogP contribution in [-0.2, 0) is 4.79 Å². The highest BCUT2D eigenvalue weighted by atomic mass is 16.4. The second kappa shape index (κ2) is 8.88. The lowest BCUT2D eigenvalue weighted by molar-refractivity contribution is -0.135. The molecule has 0 unspecified atom stereocenters. The number of aromatic nitrogens is 1. The third-order valence-electron chi connectivity index (χ3n) is 4.46. The maximum Gasteiger partial charge on any atom is 0.323 e. The Hall–Kier alpha value is -3.29. The molecule has 0 atom stereocenters. The number of carbonyl (C=O) groups is 2. The molecule has 27 heavy (non-hydrogen) atoms. The van der Waals surface area contributed by atoms with Crippen molar-refractivity contribution in [3.05, 3.63) is 54.9 Å². The van der Waals surface area contributed by atoms with E-state index in [9.17, 15) is 9.59 Å². The largest absolute Gasteiger partial charge is 0.480 e. The van der Waals surface area contributed by atoms with Crippen LogP contribution in [0.5, 0.6) is 0 Å². The first-order chi connectivity index (χ1) is 13.1. The lowest BCUT2D eigenvalue weighted by Crippen LogP contribution is -2.53. The number of pyridine rings is 1. The minimum Gasteiger partial charge on any atom is -0.480 e. The zero-order valence-corrected chi connectivity index (χ0v) is 15.0. The summed E-state index contributed by atoms with van der Waals surface area (Å²) in [5, 5.41) is 12.0. The number of hydrogen-bond donors (Lipinski definition) is 2. The van der Waals surface area contributed by atoms with Gasteiger partial charge < -0.3 is 25.1 Å². The van der Waals surface area contributed by atoms with Gasteiger partial charge >= 0.3 is 12.0 Å². The molecule has 0 spiro atoms. The molecule has 3 rings (SSSR count). The summed E-state index contributed by atoms with van der Waals surface area (Å²) in [6.45, 7) is 2.67. The molecule has 1 aliphatic rings. The molecule has 2 amide bonds. The first-order valence-electron chi connectivity index (χ1n) is 8.83. The molecule has 8 heteroatoms. The van der Waals surface area contributed by atoms with Gasteiger partial charge in [-0.25, -0.2) is 4.79 Å². The van der Waals surface area contributed by atoms with E-state index in [2.05, 4.69) is 15.2 Å². The van der Waals surface area contributed by atoms with Gasteiger partial charge in [0.1, 0.15) is 6.54 Å². The number of rotatable bonds is 6. The predicted octanol–water partition coefficient (Wildman–Crippen LogP) is 1.46. The van der Waals surface area contributed by atoms with Crippen molar-refractivity contribution in [3.63, 3.8) is 0 Å².